The first-order valence-corrected chi connectivity index (χ1v) is 8.07. The predicted octanol–water partition coefficient (Wildman–Crippen LogP) is 2.39. The van der Waals surface area contributed by atoms with Gasteiger partial charge in [0.2, 0.25) is 0 Å². The van der Waals surface area contributed by atoms with E-state index in [0.29, 0.717) is 12.1 Å². The Morgan fingerprint density at radius 3 is 3.05 bits per heavy atom. The molecule has 0 radical (unpaired) electrons. The van der Waals surface area contributed by atoms with E-state index >= 15 is 0 Å². The van der Waals surface area contributed by atoms with E-state index in [1.165, 1.54) is 6.20 Å². The van der Waals surface area contributed by atoms with E-state index in [0.717, 1.165) is 10.0 Å². The van der Waals surface area contributed by atoms with Gasteiger partial charge in [0.15, 0.2) is 0 Å². The van der Waals surface area contributed by atoms with E-state index in [9.17, 15) is 4.79 Å². The summed E-state index contributed by atoms with van der Waals surface area (Å²) in [5.74, 6) is -0.211. The molecule has 0 unspecified atom stereocenters. The van der Waals surface area contributed by atoms with Crippen LogP contribution in [0.4, 0.5) is 0 Å². The lowest BCUT2D eigenvalue weighted by Crippen LogP contribution is -2.29. The van der Waals surface area contributed by atoms with Gasteiger partial charge in [0.05, 0.1) is 18.8 Å². The Labute approximate surface area is 135 Å². The number of rotatable bonds is 7. The van der Waals surface area contributed by atoms with Gasteiger partial charge >= 0.3 is 0 Å². The second-order valence-corrected chi connectivity index (χ2v) is 5.94. The molecule has 5 nitrogen and oxygen atoms in total. The molecular weight excluding hydrogens is 356 g/mol. The molecule has 2 aromatic rings. The SMILES string of the molecule is O=C(NC[C@@H](OCCO)c1ccsc1)c1cncc(Br)c1. The van der Waals surface area contributed by atoms with Crippen LogP contribution in [0.15, 0.2) is 39.8 Å². The van der Waals surface area contributed by atoms with Gasteiger partial charge in [0.25, 0.3) is 5.91 Å². The monoisotopic (exact) mass is 370 g/mol. The van der Waals surface area contributed by atoms with Gasteiger partial charge < -0.3 is 15.2 Å². The molecule has 2 heterocycles. The van der Waals surface area contributed by atoms with Crippen molar-refractivity contribution in [2.24, 2.45) is 0 Å². The van der Waals surface area contributed by atoms with Crippen LogP contribution in [0.1, 0.15) is 22.0 Å². The minimum Gasteiger partial charge on any atom is -0.394 e. The number of aliphatic hydroxyl groups excluding tert-OH is 1. The Balaban J connectivity index is 1.96. The smallest absolute Gasteiger partial charge is 0.252 e. The number of aliphatic hydroxyl groups is 1. The Morgan fingerprint density at radius 2 is 2.38 bits per heavy atom. The van der Waals surface area contributed by atoms with Crippen LogP contribution in [-0.2, 0) is 4.74 Å². The molecule has 2 aromatic heterocycles. The van der Waals surface area contributed by atoms with E-state index in [4.69, 9.17) is 9.84 Å². The first-order chi connectivity index (χ1) is 10.2. The highest BCUT2D eigenvalue weighted by Gasteiger charge is 2.15. The quantitative estimate of drug-likeness (QED) is 0.784. The molecule has 0 aromatic carbocycles. The van der Waals surface area contributed by atoms with Crippen molar-refractivity contribution in [3.8, 4) is 0 Å². The van der Waals surface area contributed by atoms with Crippen LogP contribution in [0.3, 0.4) is 0 Å². The summed E-state index contributed by atoms with van der Waals surface area (Å²) in [6.07, 6.45) is 2.86. The number of nitrogens with zero attached hydrogens (tertiary/aromatic N) is 1. The summed E-state index contributed by atoms with van der Waals surface area (Å²) in [6, 6.07) is 3.65. The van der Waals surface area contributed by atoms with Gasteiger partial charge in [0, 0.05) is 23.4 Å². The van der Waals surface area contributed by atoms with Crippen molar-refractivity contribution in [1.82, 2.24) is 10.3 Å². The second-order valence-electron chi connectivity index (χ2n) is 4.24. The van der Waals surface area contributed by atoms with Crippen molar-refractivity contribution in [2.45, 2.75) is 6.10 Å². The van der Waals surface area contributed by atoms with Crippen molar-refractivity contribution >= 4 is 33.2 Å². The lowest BCUT2D eigenvalue weighted by molar-refractivity contribution is 0.0279. The summed E-state index contributed by atoms with van der Waals surface area (Å²) < 4.78 is 6.31. The summed E-state index contributed by atoms with van der Waals surface area (Å²) >= 11 is 4.85. The topological polar surface area (TPSA) is 71.5 Å². The molecule has 7 heteroatoms. The molecule has 0 aliphatic heterocycles. The first kappa shape index (κ1) is 16.1. The van der Waals surface area contributed by atoms with E-state index in [2.05, 4.69) is 26.2 Å². The summed E-state index contributed by atoms with van der Waals surface area (Å²) in [5, 5.41) is 15.6. The molecule has 0 spiro atoms. The lowest BCUT2D eigenvalue weighted by Gasteiger charge is -2.17. The largest absolute Gasteiger partial charge is 0.394 e. The number of thiophene rings is 1. The summed E-state index contributed by atoms with van der Waals surface area (Å²) in [6.45, 7) is 0.515. The van der Waals surface area contributed by atoms with E-state index in [-0.39, 0.29) is 25.2 Å². The molecule has 0 fully saturated rings. The van der Waals surface area contributed by atoms with Gasteiger partial charge in [0.1, 0.15) is 6.10 Å². The van der Waals surface area contributed by atoms with Crippen LogP contribution in [0.5, 0.6) is 0 Å². The average molecular weight is 371 g/mol. The standard InChI is InChI=1S/C14H15BrN2O3S/c15-12-5-11(6-16-7-12)14(19)17-8-13(20-3-2-18)10-1-4-21-9-10/h1,4-7,9,13,18H,2-3,8H2,(H,17,19)/t13-/m1/s1. The number of hydrogen-bond acceptors (Lipinski definition) is 5. The lowest BCUT2D eigenvalue weighted by atomic mass is 10.2. The van der Waals surface area contributed by atoms with Crippen LogP contribution in [0.25, 0.3) is 0 Å². The third kappa shape index (κ3) is 4.89. The first-order valence-electron chi connectivity index (χ1n) is 6.34. The van der Waals surface area contributed by atoms with E-state index in [1.807, 2.05) is 16.8 Å². The number of ether oxygens (including phenoxy) is 1. The number of halogens is 1. The number of carbonyl (C=O) groups is 1. The van der Waals surface area contributed by atoms with Crippen LogP contribution in [0.2, 0.25) is 0 Å². The van der Waals surface area contributed by atoms with Crippen LogP contribution >= 0.6 is 27.3 Å². The van der Waals surface area contributed by atoms with Crippen LogP contribution in [0, 0.1) is 0 Å². The zero-order chi connectivity index (χ0) is 15.1. The summed E-state index contributed by atoms with van der Waals surface area (Å²) in [7, 11) is 0. The molecular formula is C14H15BrN2O3S. The molecule has 112 valence electrons. The Bertz CT molecular complexity index is 577. The number of carbonyl (C=O) groups excluding carboxylic acids is 1. The normalized spacial score (nSPS) is 12.1. The fourth-order valence-electron chi connectivity index (χ4n) is 1.75. The molecule has 2 rings (SSSR count). The molecule has 0 saturated heterocycles. The maximum atomic E-state index is 12.1. The Hall–Kier alpha value is -1.28. The highest BCUT2D eigenvalue weighted by atomic mass is 79.9. The highest BCUT2D eigenvalue weighted by molar-refractivity contribution is 9.10. The summed E-state index contributed by atoms with van der Waals surface area (Å²) in [5.41, 5.74) is 1.47. The minimum atomic E-state index is -0.271. The van der Waals surface area contributed by atoms with Crippen molar-refractivity contribution in [3.63, 3.8) is 0 Å². The Morgan fingerprint density at radius 1 is 1.52 bits per heavy atom. The number of aromatic nitrogens is 1. The number of amides is 1. The van der Waals surface area contributed by atoms with Crippen LogP contribution in [-0.4, -0.2) is 35.8 Å². The zero-order valence-corrected chi connectivity index (χ0v) is 13.6. The van der Waals surface area contributed by atoms with Gasteiger partial charge in [-0.25, -0.2) is 0 Å². The molecule has 21 heavy (non-hydrogen) atoms. The molecule has 0 aliphatic rings. The second kappa shape index (κ2) is 8.23. The number of pyridine rings is 1. The summed E-state index contributed by atoms with van der Waals surface area (Å²) in [4.78, 5) is 16.0. The van der Waals surface area contributed by atoms with Crippen LogP contribution < -0.4 is 5.32 Å². The van der Waals surface area contributed by atoms with Crippen molar-refractivity contribution < 1.29 is 14.6 Å². The molecule has 0 bridgehead atoms. The highest BCUT2D eigenvalue weighted by Crippen LogP contribution is 2.19. The van der Waals surface area contributed by atoms with Gasteiger partial charge in [-0.2, -0.15) is 11.3 Å². The van der Waals surface area contributed by atoms with Gasteiger partial charge in [-0.05, 0) is 44.4 Å². The third-order valence-corrected chi connectivity index (χ3v) is 3.88. The van der Waals surface area contributed by atoms with Crippen molar-refractivity contribution in [3.05, 3.63) is 50.9 Å². The molecule has 1 amide bonds. The van der Waals surface area contributed by atoms with Gasteiger partial charge in [-0.3, -0.25) is 9.78 Å². The van der Waals surface area contributed by atoms with E-state index < -0.39 is 0 Å². The number of nitrogens with one attached hydrogen (secondary N) is 1. The fourth-order valence-corrected chi connectivity index (χ4v) is 2.82. The van der Waals surface area contributed by atoms with Crippen molar-refractivity contribution in [1.29, 1.82) is 0 Å². The maximum Gasteiger partial charge on any atom is 0.252 e. The third-order valence-electron chi connectivity index (χ3n) is 2.74. The maximum absolute atomic E-state index is 12.1. The fraction of sp³-hybridized carbons (Fsp3) is 0.286. The predicted molar refractivity (Wildman–Crippen MR) is 84.4 cm³/mol. The van der Waals surface area contributed by atoms with E-state index in [1.54, 1.807) is 23.6 Å². The molecule has 0 aliphatic carbocycles. The average Bonchev–Trinajstić information content (AvgIpc) is 3.01. The molecule has 1 atom stereocenters. The number of hydrogen-bond donors (Lipinski definition) is 2. The zero-order valence-electron chi connectivity index (χ0n) is 11.2. The van der Waals surface area contributed by atoms with Crippen molar-refractivity contribution in [2.75, 3.05) is 19.8 Å². The molecule has 0 saturated carbocycles. The molecule has 2 N–H and O–H groups in total. The van der Waals surface area contributed by atoms with Gasteiger partial charge in [-0.15, -0.1) is 0 Å². The minimum absolute atomic E-state index is 0.0515. The van der Waals surface area contributed by atoms with Gasteiger partial charge in [-0.1, -0.05) is 0 Å². The Kier molecular flexibility index (Phi) is 6.31.